The molecule has 0 aliphatic carbocycles. The molecule has 1 unspecified atom stereocenters. The first-order valence-electron chi connectivity index (χ1n) is 6.43. The van der Waals surface area contributed by atoms with Crippen molar-refractivity contribution in [3.05, 3.63) is 23.6 Å². The molecular formula is C13H18FN3O2. The summed E-state index contributed by atoms with van der Waals surface area (Å²) in [5.74, 6) is -0.962. The van der Waals surface area contributed by atoms with Gasteiger partial charge in [0, 0.05) is 19.8 Å². The second kappa shape index (κ2) is 5.97. The largest absolute Gasteiger partial charge is 0.394 e. The van der Waals surface area contributed by atoms with Gasteiger partial charge < -0.3 is 15.3 Å². The average molecular weight is 267 g/mol. The average Bonchev–Trinajstić information content (AvgIpc) is 2.46. The van der Waals surface area contributed by atoms with E-state index >= 15 is 0 Å². The number of hydrogen-bond donors (Lipinski definition) is 2. The molecule has 104 valence electrons. The highest BCUT2D eigenvalue weighted by Gasteiger charge is 2.29. The molecule has 1 saturated heterocycles. The third-order valence-electron chi connectivity index (χ3n) is 3.46. The minimum Gasteiger partial charge on any atom is -0.394 e. The first kappa shape index (κ1) is 13.7. The van der Waals surface area contributed by atoms with Gasteiger partial charge in [-0.15, -0.1) is 0 Å². The van der Waals surface area contributed by atoms with Crippen molar-refractivity contribution < 1.29 is 14.3 Å². The molecule has 1 aliphatic rings. The van der Waals surface area contributed by atoms with Crippen LogP contribution in [0.5, 0.6) is 0 Å². The monoisotopic (exact) mass is 267 g/mol. The molecule has 19 heavy (non-hydrogen) atoms. The molecule has 1 aromatic rings. The van der Waals surface area contributed by atoms with Crippen LogP contribution < -0.4 is 5.32 Å². The molecule has 1 amide bonds. The van der Waals surface area contributed by atoms with Gasteiger partial charge in [-0.25, -0.2) is 9.37 Å². The van der Waals surface area contributed by atoms with Crippen molar-refractivity contribution in [2.24, 2.45) is 0 Å². The van der Waals surface area contributed by atoms with E-state index in [-0.39, 0.29) is 29.9 Å². The summed E-state index contributed by atoms with van der Waals surface area (Å²) in [7, 11) is 1.55. The van der Waals surface area contributed by atoms with Gasteiger partial charge in [-0.05, 0) is 25.3 Å². The van der Waals surface area contributed by atoms with Crippen LogP contribution in [0.15, 0.2) is 12.3 Å². The van der Waals surface area contributed by atoms with Crippen LogP contribution in [0.25, 0.3) is 0 Å². The van der Waals surface area contributed by atoms with Crippen LogP contribution in [0.4, 0.5) is 10.2 Å². The van der Waals surface area contributed by atoms with Gasteiger partial charge in [0.1, 0.15) is 0 Å². The molecule has 1 atom stereocenters. The van der Waals surface area contributed by atoms with E-state index < -0.39 is 5.82 Å². The van der Waals surface area contributed by atoms with Crippen LogP contribution in [0.2, 0.25) is 0 Å². The predicted octanol–water partition coefficient (Wildman–Crippen LogP) is 1.25. The van der Waals surface area contributed by atoms with Crippen molar-refractivity contribution in [2.75, 3.05) is 25.5 Å². The molecule has 0 bridgehead atoms. The van der Waals surface area contributed by atoms with Gasteiger partial charge in [0.05, 0.1) is 18.2 Å². The summed E-state index contributed by atoms with van der Waals surface area (Å²) < 4.78 is 14.1. The second-order valence-electron chi connectivity index (χ2n) is 4.60. The molecule has 0 aromatic carbocycles. The number of nitrogens with zero attached hydrogens (tertiary/aromatic N) is 2. The third-order valence-corrected chi connectivity index (χ3v) is 3.46. The lowest BCUT2D eigenvalue weighted by Gasteiger charge is -2.34. The lowest BCUT2D eigenvalue weighted by molar-refractivity contribution is 0.0498. The highest BCUT2D eigenvalue weighted by Crippen LogP contribution is 2.22. The summed E-state index contributed by atoms with van der Waals surface area (Å²) in [6.45, 7) is 0.470. The lowest BCUT2D eigenvalue weighted by Crippen LogP contribution is -2.45. The van der Waals surface area contributed by atoms with Crippen molar-refractivity contribution in [3.63, 3.8) is 0 Å². The summed E-state index contributed by atoms with van der Waals surface area (Å²) in [4.78, 5) is 17.8. The van der Waals surface area contributed by atoms with Gasteiger partial charge in [-0.3, -0.25) is 4.79 Å². The Hall–Kier alpha value is -1.69. The van der Waals surface area contributed by atoms with E-state index in [1.54, 1.807) is 11.9 Å². The molecule has 1 fully saturated rings. The first-order chi connectivity index (χ1) is 9.19. The second-order valence-corrected chi connectivity index (χ2v) is 4.60. The summed E-state index contributed by atoms with van der Waals surface area (Å²) in [6.07, 6.45) is 4.03. The standard InChI is InChI=1S/C13H18FN3O2/c1-15-12-11(14)10(5-6-16-12)13(19)17-7-3-2-4-9(17)8-18/h5-6,9,18H,2-4,7-8H2,1H3,(H,15,16). The normalized spacial score (nSPS) is 19.3. The molecule has 0 saturated carbocycles. The number of carbonyl (C=O) groups excluding carboxylic acids is 1. The SMILES string of the molecule is CNc1nccc(C(=O)N2CCCCC2CO)c1F. The fourth-order valence-corrected chi connectivity index (χ4v) is 2.40. The highest BCUT2D eigenvalue weighted by atomic mass is 19.1. The Morgan fingerprint density at radius 2 is 2.42 bits per heavy atom. The number of aliphatic hydroxyl groups excluding tert-OH is 1. The maximum Gasteiger partial charge on any atom is 0.257 e. The Kier molecular flexibility index (Phi) is 4.31. The fourth-order valence-electron chi connectivity index (χ4n) is 2.40. The molecule has 2 N–H and O–H groups in total. The van der Waals surface area contributed by atoms with Crippen molar-refractivity contribution in [1.29, 1.82) is 0 Å². The zero-order valence-corrected chi connectivity index (χ0v) is 10.9. The predicted molar refractivity (Wildman–Crippen MR) is 69.5 cm³/mol. The number of anilines is 1. The Morgan fingerprint density at radius 1 is 1.63 bits per heavy atom. The maximum absolute atomic E-state index is 14.1. The van der Waals surface area contributed by atoms with E-state index in [1.165, 1.54) is 12.3 Å². The van der Waals surface area contributed by atoms with Crippen molar-refractivity contribution in [1.82, 2.24) is 9.88 Å². The van der Waals surface area contributed by atoms with Gasteiger partial charge in [0.15, 0.2) is 11.6 Å². The summed E-state index contributed by atoms with van der Waals surface area (Å²) in [5.41, 5.74) is -0.000278. The molecule has 6 heteroatoms. The van der Waals surface area contributed by atoms with Gasteiger partial charge in [-0.2, -0.15) is 0 Å². The van der Waals surface area contributed by atoms with Crippen LogP contribution in [0.1, 0.15) is 29.6 Å². The van der Waals surface area contributed by atoms with Crippen molar-refractivity contribution in [2.45, 2.75) is 25.3 Å². The number of amides is 1. The number of nitrogens with one attached hydrogen (secondary N) is 1. The highest BCUT2D eigenvalue weighted by molar-refractivity contribution is 5.95. The Labute approximate surface area is 111 Å². The molecule has 0 spiro atoms. The zero-order valence-electron chi connectivity index (χ0n) is 10.9. The number of rotatable bonds is 3. The minimum atomic E-state index is -0.641. The quantitative estimate of drug-likeness (QED) is 0.865. The van der Waals surface area contributed by atoms with Crippen molar-refractivity contribution in [3.8, 4) is 0 Å². The van der Waals surface area contributed by atoms with Gasteiger partial charge >= 0.3 is 0 Å². The number of aliphatic hydroxyl groups is 1. The third kappa shape index (κ3) is 2.68. The number of aromatic nitrogens is 1. The molecular weight excluding hydrogens is 249 g/mol. The van der Waals surface area contributed by atoms with Crippen LogP contribution >= 0.6 is 0 Å². The number of likely N-dealkylation sites (tertiary alicyclic amines) is 1. The van der Waals surface area contributed by atoms with Crippen LogP contribution in [-0.4, -0.2) is 47.1 Å². The number of piperidine rings is 1. The van der Waals surface area contributed by atoms with E-state index in [2.05, 4.69) is 10.3 Å². The lowest BCUT2D eigenvalue weighted by atomic mass is 10.0. The summed E-state index contributed by atoms with van der Waals surface area (Å²) in [6, 6.07) is 1.16. The van der Waals surface area contributed by atoms with E-state index in [0.29, 0.717) is 6.54 Å². The van der Waals surface area contributed by atoms with E-state index in [1.807, 2.05) is 0 Å². The smallest absolute Gasteiger partial charge is 0.257 e. The number of hydrogen-bond acceptors (Lipinski definition) is 4. The molecule has 0 radical (unpaired) electrons. The molecule has 1 aliphatic heterocycles. The summed E-state index contributed by atoms with van der Waals surface area (Å²) in [5, 5.41) is 11.9. The van der Waals surface area contributed by atoms with Crippen LogP contribution in [0, 0.1) is 5.82 Å². The minimum absolute atomic E-state index is 0.000278. The van der Waals surface area contributed by atoms with Gasteiger partial charge in [0.2, 0.25) is 0 Å². The van der Waals surface area contributed by atoms with Gasteiger partial charge in [-0.1, -0.05) is 0 Å². The van der Waals surface area contributed by atoms with E-state index in [4.69, 9.17) is 0 Å². The first-order valence-corrected chi connectivity index (χ1v) is 6.43. The van der Waals surface area contributed by atoms with Gasteiger partial charge in [0.25, 0.3) is 5.91 Å². The molecule has 2 heterocycles. The fraction of sp³-hybridized carbons (Fsp3) is 0.538. The number of carbonyl (C=O) groups is 1. The molecule has 5 nitrogen and oxygen atoms in total. The number of pyridine rings is 1. The maximum atomic E-state index is 14.1. The number of halogens is 1. The molecule has 2 rings (SSSR count). The van der Waals surface area contributed by atoms with Crippen LogP contribution in [0.3, 0.4) is 0 Å². The topological polar surface area (TPSA) is 65.5 Å². The Balaban J connectivity index is 2.28. The summed E-state index contributed by atoms with van der Waals surface area (Å²) >= 11 is 0. The van der Waals surface area contributed by atoms with Crippen molar-refractivity contribution >= 4 is 11.7 Å². The molecule has 1 aromatic heterocycles. The van der Waals surface area contributed by atoms with E-state index in [9.17, 15) is 14.3 Å². The van der Waals surface area contributed by atoms with E-state index in [0.717, 1.165) is 19.3 Å². The zero-order chi connectivity index (χ0) is 13.8. The Bertz CT molecular complexity index is 467. The van der Waals surface area contributed by atoms with Crippen LogP contribution in [-0.2, 0) is 0 Å². The Morgan fingerprint density at radius 3 is 3.11 bits per heavy atom.